The number of esters is 1. The molecule has 4 N–H and O–H groups in total. The van der Waals surface area contributed by atoms with Crippen LogP contribution in [-0.4, -0.2) is 57.9 Å². The predicted molar refractivity (Wildman–Crippen MR) is 46.4 cm³/mol. The van der Waals surface area contributed by atoms with Crippen LogP contribution in [-0.2, 0) is 9.53 Å². The number of ether oxygens (including phenoxy) is 1. The second-order valence-corrected chi connectivity index (χ2v) is 3.20. The highest BCUT2D eigenvalue weighted by Crippen LogP contribution is 2.13. The van der Waals surface area contributed by atoms with Crippen LogP contribution in [0.4, 0.5) is 0 Å². The van der Waals surface area contributed by atoms with E-state index in [0.29, 0.717) is 0 Å². The molecule has 0 rings (SSSR count). The molecule has 14 heavy (non-hydrogen) atoms. The lowest BCUT2D eigenvalue weighted by Crippen LogP contribution is -2.43. The molecule has 0 fully saturated rings. The largest absolute Gasteiger partial charge is 0.463 e. The number of hydrogen-bond donors (Lipinski definition) is 4. The molecule has 0 aromatic carbocycles. The monoisotopic (exact) mass is 208 g/mol. The third kappa shape index (κ3) is 5.13. The van der Waals surface area contributed by atoms with Gasteiger partial charge in [-0.05, 0) is 0 Å². The fourth-order valence-electron chi connectivity index (χ4n) is 0.908. The van der Waals surface area contributed by atoms with E-state index in [4.69, 9.17) is 15.3 Å². The van der Waals surface area contributed by atoms with Crippen molar-refractivity contribution in [3.8, 4) is 0 Å². The van der Waals surface area contributed by atoms with E-state index in [9.17, 15) is 9.90 Å². The summed E-state index contributed by atoms with van der Waals surface area (Å²) < 4.78 is 4.50. The van der Waals surface area contributed by atoms with Gasteiger partial charge in [0.05, 0.1) is 19.3 Å². The first-order valence-electron chi connectivity index (χ1n) is 4.19. The van der Waals surface area contributed by atoms with E-state index in [0.717, 1.165) is 0 Å². The van der Waals surface area contributed by atoms with Crippen molar-refractivity contribution in [1.82, 2.24) is 0 Å². The summed E-state index contributed by atoms with van der Waals surface area (Å²) >= 11 is 0. The zero-order valence-corrected chi connectivity index (χ0v) is 8.01. The average molecular weight is 208 g/mol. The standard InChI is InChI=1S/C8H16O6/c1-6(11)14-5-8(13,4-10)2-7(12)3-9/h7,9-10,12-13H,2-5H2,1H3. The summed E-state index contributed by atoms with van der Waals surface area (Å²) in [5.74, 6) is -0.588. The van der Waals surface area contributed by atoms with Crippen LogP contribution in [0.5, 0.6) is 0 Å². The van der Waals surface area contributed by atoms with Crippen LogP contribution in [0.2, 0.25) is 0 Å². The molecule has 0 spiro atoms. The van der Waals surface area contributed by atoms with E-state index in [2.05, 4.69) is 4.74 Å². The van der Waals surface area contributed by atoms with Gasteiger partial charge in [-0.25, -0.2) is 0 Å². The molecule has 6 heteroatoms. The van der Waals surface area contributed by atoms with Gasteiger partial charge in [0.2, 0.25) is 0 Å². The van der Waals surface area contributed by atoms with Gasteiger partial charge in [0.25, 0.3) is 0 Å². The van der Waals surface area contributed by atoms with Crippen LogP contribution < -0.4 is 0 Å². The minimum atomic E-state index is -1.70. The molecule has 2 unspecified atom stereocenters. The molecule has 2 atom stereocenters. The second-order valence-electron chi connectivity index (χ2n) is 3.20. The van der Waals surface area contributed by atoms with Crippen molar-refractivity contribution in [2.24, 2.45) is 0 Å². The van der Waals surface area contributed by atoms with Gasteiger partial charge in [0, 0.05) is 13.3 Å². The second kappa shape index (κ2) is 5.92. The van der Waals surface area contributed by atoms with Crippen LogP contribution in [0.1, 0.15) is 13.3 Å². The third-order valence-corrected chi connectivity index (χ3v) is 1.66. The first kappa shape index (κ1) is 13.3. The van der Waals surface area contributed by atoms with Gasteiger partial charge in [0.15, 0.2) is 0 Å². The van der Waals surface area contributed by atoms with Gasteiger partial charge in [-0.1, -0.05) is 0 Å². The highest BCUT2D eigenvalue weighted by molar-refractivity contribution is 5.65. The van der Waals surface area contributed by atoms with Crippen molar-refractivity contribution in [3.05, 3.63) is 0 Å². The molecule has 0 heterocycles. The predicted octanol–water partition coefficient (Wildman–Crippen LogP) is -1.98. The third-order valence-electron chi connectivity index (χ3n) is 1.66. The van der Waals surface area contributed by atoms with Gasteiger partial charge >= 0.3 is 5.97 Å². The highest BCUT2D eigenvalue weighted by atomic mass is 16.5. The summed E-state index contributed by atoms with van der Waals surface area (Å²) in [5.41, 5.74) is -1.70. The molecule has 0 saturated carbocycles. The summed E-state index contributed by atoms with van der Waals surface area (Å²) in [6.45, 7) is -0.421. The maximum atomic E-state index is 10.4. The maximum Gasteiger partial charge on any atom is 0.302 e. The lowest BCUT2D eigenvalue weighted by Gasteiger charge is -2.26. The van der Waals surface area contributed by atoms with E-state index < -0.39 is 37.5 Å². The van der Waals surface area contributed by atoms with Gasteiger partial charge < -0.3 is 25.2 Å². The minimum Gasteiger partial charge on any atom is -0.463 e. The van der Waals surface area contributed by atoms with Crippen molar-refractivity contribution in [2.45, 2.75) is 25.0 Å². The molecule has 0 aliphatic rings. The Kier molecular flexibility index (Phi) is 5.63. The van der Waals surface area contributed by atoms with Crippen LogP contribution in [0, 0.1) is 0 Å². The van der Waals surface area contributed by atoms with E-state index in [-0.39, 0.29) is 6.42 Å². The SMILES string of the molecule is CC(=O)OCC(O)(CO)CC(O)CO. The minimum absolute atomic E-state index is 0.257. The Morgan fingerprint density at radius 2 is 2.07 bits per heavy atom. The van der Waals surface area contributed by atoms with Gasteiger partial charge in [-0.15, -0.1) is 0 Å². The van der Waals surface area contributed by atoms with E-state index in [1.54, 1.807) is 0 Å². The van der Waals surface area contributed by atoms with Crippen molar-refractivity contribution in [3.63, 3.8) is 0 Å². The molecule has 0 aliphatic heterocycles. The summed E-state index contributed by atoms with van der Waals surface area (Å²) in [5, 5.41) is 35.9. The van der Waals surface area contributed by atoms with E-state index in [1.165, 1.54) is 6.92 Å². The molecular formula is C8H16O6. The molecule has 0 saturated heterocycles. The molecule has 0 radical (unpaired) electrons. The molecule has 0 bridgehead atoms. The summed E-state index contributed by atoms with van der Waals surface area (Å²) in [6, 6.07) is 0. The zero-order valence-electron chi connectivity index (χ0n) is 8.01. The fraction of sp³-hybridized carbons (Fsp3) is 0.875. The Hall–Kier alpha value is -0.690. The van der Waals surface area contributed by atoms with Gasteiger partial charge in [0.1, 0.15) is 12.2 Å². The summed E-state index contributed by atoms with van der Waals surface area (Å²) in [7, 11) is 0. The highest BCUT2D eigenvalue weighted by Gasteiger charge is 2.30. The average Bonchev–Trinajstić information content (AvgIpc) is 2.14. The molecular weight excluding hydrogens is 192 g/mol. The topological polar surface area (TPSA) is 107 Å². The molecule has 6 nitrogen and oxygen atoms in total. The number of hydrogen-bond acceptors (Lipinski definition) is 6. The number of aliphatic hydroxyl groups excluding tert-OH is 3. The van der Waals surface area contributed by atoms with Crippen LogP contribution in [0.15, 0.2) is 0 Å². The maximum absolute atomic E-state index is 10.4. The quantitative estimate of drug-likeness (QED) is 0.377. The Bertz CT molecular complexity index is 183. The smallest absolute Gasteiger partial charge is 0.302 e. The molecule has 0 aromatic rings. The lowest BCUT2D eigenvalue weighted by molar-refractivity contribution is -0.154. The normalized spacial score (nSPS) is 17.2. The Morgan fingerprint density at radius 3 is 2.43 bits per heavy atom. The number of rotatable bonds is 6. The fourth-order valence-corrected chi connectivity index (χ4v) is 0.908. The molecule has 0 aliphatic carbocycles. The van der Waals surface area contributed by atoms with Gasteiger partial charge in [-0.3, -0.25) is 4.79 Å². The zero-order chi connectivity index (χ0) is 11.2. The first-order chi connectivity index (χ1) is 6.43. The molecule has 0 aromatic heterocycles. The van der Waals surface area contributed by atoms with Crippen LogP contribution >= 0.6 is 0 Å². The summed E-state index contributed by atoms with van der Waals surface area (Å²) in [6.07, 6.45) is -1.41. The van der Waals surface area contributed by atoms with Crippen LogP contribution in [0.25, 0.3) is 0 Å². The Morgan fingerprint density at radius 1 is 1.50 bits per heavy atom. The summed E-state index contributed by atoms with van der Waals surface area (Å²) in [4.78, 5) is 10.4. The van der Waals surface area contributed by atoms with E-state index >= 15 is 0 Å². The number of carbonyl (C=O) groups is 1. The number of aliphatic hydroxyl groups is 4. The lowest BCUT2D eigenvalue weighted by atomic mass is 9.98. The number of carbonyl (C=O) groups excluding carboxylic acids is 1. The molecule has 84 valence electrons. The van der Waals surface area contributed by atoms with Crippen molar-refractivity contribution in [2.75, 3.05) is 19.8 Å². The van der Waals surface area contributed by atoms with Crippen molar-refractivity contribution in [1.29, 1.82) is 0 Å². The van der Waals surface area contributed by atoms with Crippen molar-refractivity contribution >= 4 is 5.97 Å². The molecule has 0 amide bonds. The van der Waals surface area contributed by atoms with Crippen molar-refractivity contribution < 1.29 is 30.0 Å². The van der Waals surface area contributed by atoms with Crippen LogP contribution in [0.3, 0.4) is 0 Å². The Labute approximate surface area is 81.7 Å². The Balaban J connectivity index is 4.10. The van der Waals surface area contributed by atoms with E-state index in [1.807, 2.05) is 0 Å². The first-order valence-corrected chi connectivity index (χ1v) is 4.19. The van der Waals surface area contributed by atoms with Gasteiger partial charge in [-0.2, -0.15) is 0 Å².